The minimum Gasteiger partial charge on any atom is -0.273 e. The van der Waals surface area contributed by atoms with Crippen LogP contribution in [0, 0.1) is 28.8 Å². The first kappa shape index (κ1) is 20.8. The summed E-state index contributed by atoms with van der Waals surface area (Å²) in [7, 11) is 0. The van der Waals surface area contributed by atoms with Gasteiger partial charge in [-0.1, -0.05) is 36.4 Å². The number of halogens is 1. The molecule has 166 valence electrons. The fraction of sp³-hybridized carbons (Fsp3) is 0.167. The van der Waals surface area contributed by atoms with E-state index < -0.39 is 40.6 Å². The maximum absolute atomic E-state index is 13.6. The Kier molecular flexibility index (Phi) is 4.90. The number of non-ortho nitro benzene ring substituents is 1. The van der Waals surface area contributed by atoms with Gasteiger partial charge in [-0.15, -0.1) is 0 Å². The van der Waals surface area contributed by atoms with Gasteiger partial charge in [0.2, 0.25) is 5.91 Å². The van der Waals surface area contributed by atoms with Crippen molar-refractivity contribution in [2.75, 3.05) is 9.96 Å². The molecule has 2 aliphatic rings. The zero-order chi connectivity index (χ0) is 23.3. The van der Waals surface area contributed by atoms with Gasteiger partial charge in [-0.05, 0) is 42.3 Å². The number of hydrogen-bond acceptors (Lipinski definition) is 6. The van der Waals surface area contributed by atoms with E-state index in [1.165, 1.54) is 36.4 Å². The van der Waals surface area contributed by atoms with E-state index in [4.69, 9.17) is 4.84 Å². The number of para-hydroxylation sites is 1. The Balaban J connectivity index is 1.59. The first-order valence-electron chi connectivity index (χ1n) is 10.3. The Morgan fingerprint density at radius 2 is 1.70 bits per heavy atom. The Labute approximate surface area is 187 Å². The van der Waals surface area contributed by atoms with Crippen LogP contribution in [-0.4, -0.2) is 22.8 Å². The predicted molar refractivity (Wildman–Crippen MR) is 117 cm³/mol. The molecule has 0 unspecified atom stereocenters. The van der Waals surface area contributed by atoms with Gasteiger partial charge in [-0.3, -0.25) is 24.5 Å². The van der Waals surface area contributed by atoms with Crippen LogP contribution in [0.15, 0.2) is 72.8 Å². The smallest absolute Gasteiger partial charge is 0.271 e. The van der Waals surface area contributed by atoms with E-state index in [2.05, 4.69) is 0 Å². The highest BCUT2D eigenvalue weighted by molar-refractivity contribution is 6.24. The molecule has 0 spiro atoms. The van der Waals surface area contributed by atoms with Crippen molar-refractivity contribution in [3.8, 4) is 0 Å². The van der Waals surface area contributed by atoms with Gasteiger partial charge in [0.1, 0.15) is 11.7 Å². The number of anilines is 2. The van der Waals surface area contributed by atoms with Crippen LogP contribution in [0.5, 0.6) is 0 Å². The number of amides is 2. The lowest BCUT2D eigenvalue weighted by Gasteiger charge is -2.29. The van der Waals surface area contributed by atoms with E-state index >= 15 is 0 Å². The van der Waals surface area contributed by atoms with Gasteiger partial charge in [0.15, 0.2) is 6.10 Å². The van der Waals surface area contributed by atoms with Gasteiger partial charge in [0.05, 0.1) is 22.3 Å². The summed E-state index contributed by atoms with van der Waals surface area (Å²) < 4.78 is 13.6. The van der Waals surface area contributed by atoms with E-state index in [1.807, 2.05) is 31.2 Å². The standard InChI is InChI=1S/C24H18FN3O5/c1-14-5-2-3-8-19(14)27-21(15-9-11-16(25)12-10-15)20-22(33-27)24(30)26(23(20)29)17-6-4-7-18(13-17)28(31)32/h2-13,20-22H,1H3/t20-,21-,22-/m1/s1. The molecule has 0 saturated carbocycles. The highest BCUT2D eigenvalue weighted by Gasteiger charge is 2.60. The van der Waals surface area contributed by atoms with Crippen molar-refractivity contribution in [1.29, 1.82) is 0 Å². The van der Waals surface area contributed by atoms with Crippen LogP contribution in [0.1, 0.15) is 17.2 Å². The minimum atomic E-state index is -1.12. The Morgan fingerprint density at radius 3 is 2.39 bits per heavy atom. The molecular formula is C24H18FN3O5. The molecule has 2 aliphatic heterocycles. The van der Waals surface area contributed by atoms with Crippen LogP contribution in [-0.2, 0) is 14.4 Å². The fourth-order valence-electron chi connectivity index (χ4n) is 4.43. The Bertz CT molecular complexity index is 1280. The number of nitrogens with zero attached hydrogens (tertiary/aromatic N) is 3. The number of fused-ring (bicyclic) bond motifs is 1. The topological polar surface area (TPSA) is 93.0 Å². The summed E-state index contributed by atoms with van der Waals surface area (Å²) in [6.45, 7) is 1.88. The number of hydroxylamine groups is 1. The molecule has 33 heavy (non-hydrogen) atoms. The average Bonchev–Trinajstić information content (AvgIpc) is 3.30. The molecule has 2 amide bonds. The third kappa shape index (κ3) is 3.33. The van der Waals surface area contributed by atoms with Gasteiger partial charge in [0, 0.05) is 12.1 Å². The minimum absolute atomic E-state index is 0.109. The maximum atomic E-state index is 13.6. The quantitative estimate of drug-likeness (QED) is 0.340. The van der Waals surface area contributed by atoms with Crippen LogP contribution in [0.3, 0.4) is 0 Å². The number of rotatable bonds is 4. The number of carbonyl (C=O) groups excluding carboxylic acids is 2. The molecule has 3 aromatic rings. The second-order valence-corrected chi connectivity index (χ2v) is 7.95. The lowest BCUT2D eigenvalue weighted by Crippen LogP contribution is -2.37. The van der Waals surface area contributed by atoms with Gasteiger partial charge < -0.3 is 0 Å². The van der Waals surface area contributed by atoms with Crippen molar-refractivity contribution in [2.45, 2.75) is 19.1 Å². The lowest BCUT2D eigenvalue weighted by molar-refractivity contribution is -0.384. The van der Waals surface area contributed by atoms with Crippen LogP contribution in [0.25, 0.3) is 0 Å². The largest absolute Gasteiger partial charge is 0.273 e. The summed E-state index contributed by atoms with van der Waals surface area (Å²) in [6.07, 6.45) is -1.12. The number of hydrogen-bond donors (Lipinski definition) is 0. The van der Waals surface area contributed by atoms with E-state index in [1.54, 1.807) is 17.2 Å². The fourth-order valence-corrected chi connectivity index (χ4v) is 4.43. The zero-order valence-corrected chi connectivity index (χ0v) is 17.4. The zero-order valence-electron chi connectivity index (χ0n) is 17.4. The number of aryl methyl sites for hydroxylation is 1. The van der Waals surface area contributed by atoms with Gasteiger partial charge in [-0.25, -0.2) is 14.4 Å². The average molecular weight is 447 g/mol. The molecule has 3 atom stereocenters. The van der Waals surface area contributed by atoms with Gasteiger partial charge in [-0.2, -0.15) is 0 Å². The molecule has 0 radical (unpaired) electrons. The van der Waals surface area contributed by atoms with Crippen LogP contribution >= 0.6 is 0 Å². The molecule has 9 heteroatoms. The number of imide groups is 1. The number of carbonyl (C=O) groups is 2. The van der Waals surface area contributed by atoms with Crippen molar-refractivity contribution in [2.24, 2.45) is 5.92 Å². The van der Waals surface area contributed by atoms with E-state index in [9.17, 15) is 24.1 Å². The molecule has 2 saturated heterocycles. The van der Waals surface area contributed by atoms with Crippen molar-refractivity contribution < 1.29 is 23.7 Å². The molecule has 0 N–H and O–H groups in total. The van der Waals surface area contributed by atoms with E-state index in [0.29, 0.717) is 11.3 Å². The Morgan fingerprint density at radius 1 is 0.970 bits per heavy atom. The van der Waals surface area contributed by atoms with Crippen molar-refractivity contribution in [3.05, 3.63) is 99.9 Å². The number of benzene rings is 3. The molecule has 2 fully saturated rings. The molecule has 2 heterocycles. The SMILES string of the molecule is Cc1ccccc1N1O[C@H]2C(=O)N(c3cccc([N+](=O)[O-])c3)C(=O)[C@@H]2[C@H]1c1ccc(F)cc1. The van der Waals surface area contributed by atoms with Gasteiger partial charge in [0.25, 0.3) is 11.6 Å². The molecular weight excluding hydrogens is 429 g/mol. The summed E-state index contributed by atoms with van der Waals surface area (Å²) in [5, 5.41) is 12.7. The summed E-state index contributed by atoms with van der Waals surface area (Å²) in [6, 6.07) is 17.7. The van der Waals surface area contributed by atoms with Gasteiger partial charge >= 0.3 is 0 Å². The third-order valence-electron chi connectivity index (χ3n) is 5.98. The second-order valence-electron chi connectivity index (χ2n) is 7.95. The molecule has 0 bridgehead atoms. The summed E-state index contributed by atoms with van der Waals surface area (Å²) >= 11 is 0. The summed E-state index contributed by atoms with van der Waals surface area (Å²) in [4.78, 5) is 44.4. The molecule has 0 aromatic heterocycles. The second kappa shape index (κ2) is 7.79. The highest BCUT2D eigenvalue weighted by Crippen LogP contribution is 2.48. The van der Waals surface area contributed by atoms with E-state index in [0.717, 1.165) is 10.5 Å². The monoisotopic (exact) mass is 447 g/mol. The molecule has 5 rings (SSSR count). The summed E-state index contributed by atoms with van der Waals surface area (Å²) in [5.74, 6) is -2.48. The third-order valence-corrected chi connectivity index (χ3v) is 5.98. The highest BCUT2D eigenvalue weighted by atomic mass is 19.1. The maximum Gasteiger partial charge on any atom is 0.271 e. The lowest BCUT2D eigenvalue weighted by atomic mass is 9.90. The van der Waals surface area contributed by atoms with Crippen LogP contribution in [0.4, 0.5) is 21.5 Å². The normalized spacial score (nSPS) is 22.1. The Hall–Kier alpha value is -4.11. The van der Waals surface area contributed by atoms with Crippen LogP contribution in [0.2, 0.25) is 0 Å². The van der Waals surface area contributed by atoms with Crippen molar-refractivity contribution in [1.82, 2.24) is 0 Å². The molecule has 8 nitrogen and oxygen atoms in total. The molecule has 3 aromatic carbocycles. The number of nitro benzene ring substituents is 1. The van der Waals surface area contributed by atoms with Crippen molar-refractivity contribution in [3.63, 3.8) is 0 Å². The van der Waals surface area contributed by atoms with Crippen LogP contribution < -0.4 is 9.96 Å². The summed E-state index contributed by atoms with van der Waals surface area (Å²) in [5.41, 5.74) is 2.04. The first-order chi connectivity index (χ1) is 15.9. The van der Waals surface area contributed by atoms with E-state index in [-0.39, 0.29) is 11.4 Å². The first-order valence-corrected chi connectivity index (χ1v) is 10.3. The van der Waals surface area contributed by atoms with Crippen molar-refractivity contribution >= 4 is 28.9 Å². The number of nitro groups is 1. The predicted octanol–water partition coefficient (Wildman–Crippen LogP) is 4.09. The molecule has 0 aliphatic carbocycles.